The molecule has 2 heterocycles. The van der Waals surface area contributed by atoms with Gasteiger partial charge in [-0.3, -0.25) is 0 Å². The summed E-state index contributed by atoms with van der Waals surface area (Å²) in [6.07, 6.45) is 1.25. The standard InChI is InChI=1S/C22H25N3O5S/c1-3-29-19-6-4-16(5-7-19)21-23-22(30-24-21)17-12-14-25(15-13-17)31(26,27)20-10-8-18(28-2)9-11-20/h4-11,17H,3,12-15H2,1-2H3. The van der Waals surface area contributed by atoms with Crippen LogP contribution in [0.3, 0.4) is 0 Å². The molecule has 0 N–H and O–H groups in total. The lowest BCUT2D eigenvalue weighted by atomic mass is 9.98. The molecule has 0 unspecified atom stereocenters. The van der Waals surface area contributed by atoms with Crippen molar-refractivity contribution < 1.29 is 22.4 Å². The Hall–Kier alpha value is -2.91. The lowest BCUT2D eigenvalue weighted by Gasteiger charge is -2.29. The van der Waals surface area contributed by atoms with Crippen molar-refractivity contribution in [3.63, 3.8) is 0 Å². The minimum absolute atomic E-state index is 0.0336. The van der Waals surface area contributed by atoms with Crippen LogP contribution in [0.25, 0.3) is 11.4 Å². The van der Waals surface area contributed by atoms with E-state index in [9.17, 15) is 8.42 Å². The van der Waals surface area contributed by atoms with E-state index >= 15 is 0 Å². The van der Waals surface area contributed by atoms with Crippen LogP contribution in [0, 0.1) is 0 Å². The van der Waals surface area contributed by atoms with Crippen molar-refractivity contribution in [3.05, 3.63) is 54.4 Å². The predicted molar refractivity (Wildman–Crippen MR) is 115 cm³/mol. The number of nitrogens with zero attached hydrogens (tertiary/aromatic N) is 3. The van der Waals surface area contributed by atoms with Crippen LogP contribution in [-0.2, 0) is 10.0 Å². The van der Waals surface area contributed by atoms with E-state index in [4.69, 9.17) is 14.0 Å². The van der Waals surface area contributed by atoms with Gasteiger partial charge < -0.3 is 14.0 Å². The fourth-order valence-corrected chi connectivity index (χ4v) is 5.09. The van der Waals surface area contributed by atoms with Crippen LogP contribution >= 0.6 is 0 Å². The summed E-state index contributed by atoms with van der Waals surface area (Å²) in [5.74, 6) is 2.51. The van der Waals surface area contributed by atoms with Crippen molar-refractivity contribution >= 4 is 10.0 Å². The number of ether oxygens (including phenoxy) is 2. The minimum Gasteiger partial charge on any atom is -0.497 e. The molecule has 3 aromatic rings. The van der Waals surface area contributed by atoms with E-state index in [1.807, 2.05) is 31.2 Å². The third-order valence-electron chi connectivity index (χ3n) is 5.37. The molecule has 4 rings (SSSR count). The van der Waals surface area contributed by atoms with Gasteiger partial charge in [0.1, 0.15) is 11.5 Å². The van der Waals surface area contributed by atoms with Crippen LogP contribution in [0.1, 0.15) is 31.6 Å². The summed E-state index contributed by atoms with van der Waals surface area (Å²) in [4.78, 5) is 4.81. The zero-order valence-electron chi connectivity index (χ0n) is 17.5. The van der Waals surface area contributed by atoms with Gasteiger partial charge in [-0.25, -0.2) is 8.42 Å². The first-order chi connectivity index (χ1) is 15.0. The minimum atomic E-state index is -3.54. The lowest BCUT2D eigenvalue weighted by molar-refractivity contribution is 0.271. The summed E-state index contributed by atoms with van der Waals surface area (Å²) in [6, 6.07) is 14.0. The van der Waals surface area contributed by atoms with Gasteiger partial charge in [-0.2, -0.15) is 9.29 Å². The van der Waals surface area contributed by atoms with Crippen LogP contribution in [0.15, 0.2) is 57.9 Å². The molecule has 0 atom stereocenters. The maximum Gasteiger partial charge on any atom is 0.243 e. The smallest absolute Gasteiger partial charge is 0.243 e. The molecule has 1 saturated heterocycles. The molecule has 0 radical (unpaired) electrons. The van der Waals surface area contributed by atoms with Gasteiger partial charge in [-0.1, -0.05) is 5.16 Å². The monoisotopic (exact) mass is 443 g/mol. The molecule has 1 fully saturated rings. The van der Waals surface area contributed by atoms with Gasteiger partial charge in [0.25, 0.3) is 0 Å². The Balaban J connectivity index is 1.40. The molecule has 1 aliphatic heterocycles. The normalized spacial score (nSPS) is 15.7. The molecule has 2 aromatic carbocycles. The highest BCUT2D eigenvalue weighted by Gasteiger charge is 2.32. The van der Waals surface area contributed by atoms with E-state index < -0.39 is 10.0 Å². The fraction of sp³-hybridized carbons (Fsp3) is 0.364. The van der Waals surface area contributed by atoms with Crippen LogP contribution < -0.4 is 9.47 Å². The molecular formula is C22H25N3O5S. The molecule has 8 nitrogen and oxygen atoms in total. The Morgan fingerprint density at radius 1 is 1.03 bits per heavy atom. The van der Waals surface area contributed by atoms with Crippen molar-refractivity contribution in [2.45, 2.75) is 30.6 Å². The first kappa shape index (κ1) is 21.3. The quantitative estimate of drug-likeness (QED) is 0.549. The second-order valence-corrected chi connectivity index (χ2v) is 9.21. The van der Waals surface area contributed by atoms with Crippen LogP contribution in [0.5, 0.6) is 11.5 Å². The number of methoxy groups -OCH3 is 1. The molecule has 164 valence electrons. The molecule has 1 aliphatic rings. The first-order valence-electron chi connectivity index (χ1n) is 10.2. The van der Waals surface area contributed by atoms with Crippen molar-refractivity contribution in [2.75, 3.05) is 26.8 Å². The van der Waals surface area contributed by atoms with Crippen LogP contribution in [-0.4, -0.2) is 49.7 Å². The molecule has 9 heteroatoms. The third-order valence-corrected chi connectivity index (χ3v) is 7.28. The van der Waals surface area contributed by atoms with Crippen LogP contribution in [0.4, 0.5) is 0 Å². The maximum absolute atomic E-state index is 12.9. The van der Waals surface area contributed by atoms with Gasteiger partial charge in [0.15, 0.2) is 0 Å². The van der Waals surface area contributed by atoms with Crippen molar-refractivity contribution in [1.29, 1.82) is 0 Å². The third kappa shape index (κ3) is 4.57. The second kappa shape index (κ2) is 9.07. The zero-order valence-corrected chi connectivity index (χ0v) is 18.3. The van der Waals surface area contributed by atoms with Gasteiger partial charge >= 0.3 is 0 Å². The van der Waals surface area contributed by atoms with E-state index in [1.165, 1.54) is 4.31 Å². The topological polar surface area (TPSA) is 94.8 Å². The Morgan fingerprint density at radius 2 is 1.68 bits per heavy atom. The first-order valence-corrected chi connectivity index (χ1v) is 11.7. The van der Waals surface area contributed by atoms with E-state index in [-0.39, 0.29) is 10.8 Å². The fourth-order valence-electron chi connectivity index (χ4n) is 3.63. The summed E-state index contributed by atoms with van der Waals surface area (Å²) in [5, 5.41) is 4.10. The summed E-state index contributed by atoms with van der Waals surface area (Å²) in [5.41, 5.74) is 0.845. The van der Waals surface area contributed by atoms with Gasteiger partial charge in [0.2, 0.25) is 21.7 Å². The maximum atomic E-state index is 12.9. The van der Waals surface area contributed by atoms with Gasteiger partial charge in [-0.05, 0) is 68.3 Å². The predicted octanol–water partition coefficient (Wildman–Crippen LogP) is 3.71. The summed E-state index contributed by atoms with van der Waals surface area (Å²) in [7, 11) is -1.99. The largest absolute Gasteiger partial charge is 0.497 e. The highest BCUT2D eigenvalue weighted by atomic mass is 32.2. The number of piperidine rings is 1. The van der Waals surface area contributed by atoms with E-state index in [0.717, 1.165) is 11.3 Å². The Kier molecular flexibility index (Phi) is 6.24. The summed E-state index contributed by atoms with van der Waals surface area (Å²) < 4.78 is 43.4. The number of aromatic nitrogens is 2. The average Bonchev–Trinajstić information content (AvgIpc) is 3.30. The number of sulfonamides is 1. The van der Waals surface area contributed by atoms with Gasteiger partial charge in [-0.15, -0.1) is 0 Å². The van der Waals surface area contributed by atoms with Crippen LogP contribution in [0.2, 0.25) is 0 Å². The van der Waals surface area contributed by atoms with Gasteiger partial charge in [0.05, 0.1) is 18.6 Å². The molecule has 0 aliphatic carbocycles. The molecule has 0 bridgehead atoms. The Morgan fingerprint density at radius 3 is 2.29 bits per heavy atom. The lowest BCUT2D eigenvalue weighted by Crippen LogP contribution is -2.37. The van der Waals surface area contributed by atoms with Gasteiger partial charge in [0, 0.05) is 24.6 Å². The summed E-state index contributed by atoms with van der Waals surface area (Å²) >= 11 is 0. The number of hydrogen-bond acceptors (Lipinski definition) is 7. The number of benzene rings is 2. The highest BCUT2D eigenvalue weighted by Crippen LogP contribution is 2.31. The number of rotatable bonds is 7. The van der Waals surface area contributed by atoms with Crippen molar-refractivity contribution in [3.8, 4) is 22.9 Å². The average molecular weight is 444 g/mol. The van der Waals surface area contributed by atoms with Crippen molar-refractivity contribution in [2.24, 2.45) is 0 Å². The molecule has 31 heavy (non-hydrogen) atoms. The van der Waals surface area contributed by atoms with E-state index in [2.05, 4.69) is 10.1 Å². The molecular weight excluding hydrogens is 418 g/mol. The zero-order chi connectivity index (χ0) is 21.8. The van der Waals surface area contributed by atoms with Crippen molar-refractivity contribution in [1.82, 2.24) is 14.4 Å². The summed E-state index contributed by atoms with van der Waals surface area (Å²) in [6.45, 7) is 3.35. The SMILES string of the molecule is CCOc1ccc(-c2noc(C3CCN(S(=O)(=O)c4ccc(OC)cc4)CC3)n2)cc1. The second-order valence-electron chi connectivity index (χ2n) is 7.27. The van der Waals surface area contributed by atoms with E-state index in [0.29, 0.717) is 50.0 Å². The number of hydrogen-bond donors (Lipinski definition) is 0. The Bertz CT molecular complexity index is 1100. The molecule has 0 saturated carbocycles. The molecule has 1 aromatic heterocycles. The molecule has 0 amide bonds. The molecule has 0 spiro atoms. The highest BCUT2D eigenvalue weighted by molar-refractivity contribution is 7.89. The van der Waals surface area contributed by atoms with E-state index in [1.54, 1.807) is 31.4 Å². The Labute approximate surface area is 181 Å².